The average molecular weight is 451 g/mol. The highest BCUT2D eigenvalue weighted by atomic mass is 19.4. The second-order valence-corrected chi connectivity index (χ2v) is 7.47. The number of rotatable bonds is 8. The van der Waals surface area contributed by atoms with Crippen LogP contribution in [0.4, 0.5) is 22.0 Å². The van der Waals surface area contributed by atoms with E-state index in [1.54, 1.807) is 11.9 Å². The monoisotopic (exact) mass is 451 g/mol. The highest BCUT2D eigenvalue weighted by molar-refractivity contribution is 5.68. The summed E-state index contributed by atoms with van der Waals surface area (Å²) in [7, 11) is 1.67. The standard InChI is InChI=1S/C24H22F5NO2/c1-30(14-19(31)15-32-20-10-8-18(25)9-11-20)13-17-7-6-16(12-23(17)26)21-4-2-3-5-22(21)24(27,28)29/h2-12,19,31H,13-15H2,1H3. The van der Waals surface area contributed by atoms with Gasteiger partial charge in [-0.25, -0.2) is 8.78 Å². The molecule has 0 aromatic heterocycles. The number of halogens is 5. The van der Waals surface area contributed by atoms with Crippen LogP contribution < -0.4 is 4.74 Å². The van der Waals surface area contributed by atoms with E-state index in [1.165, 1.54) is 54.6 Å². The largest absolute Gasteiger partial charge is 0.491 e. The third kappa shape index (κ3) is 6.27. The van der Waals surface area contributed by atoms with Gasteiger partial charge >= 0.3 is 6.18 Å². The molecule has 0 radical (unpaired) electrons. The van der Waals surface area contributed by atoms with Crippen LogP contribution in [0, 0.1) is 11.6 Å². The summed E-state index contributed by atoms with van der Waals surface area (Å²) in [6, 6.07) is 14.4. The molecule has 1 N–H and O–H groups in total. The molecule has 1 unspecified atom stereocenters. The predicted octanol–water partition coefficient (Wildman–Crippen LogP) is 5.52. The van der Waals surface area contributed by atoms with E-state index in [0.29, 0.717) is 5.75 Å². The Morgan fingerprint density at radius 2 is 1.66 bits per heavy atom. The molecule has 0 amide bonds. The summed E-state index contributed by atoms with van der Waals surface area (Å²) < 4.78 is 72.7. The molecule has 32 heavy (non-hydrogen) atoms. The summed E-state index contributed by atoms with van der Waals surface area (Å²) in [5, 5.41) is 10.1. The van der Waals surface area contributed by atoms with Crippen molar-refractivity contribution in [2.24, 2.45) is 0 Å². The number of aliphatic hydroxyl groups is 1. The molecule has 3 aromatic carbocycles. The van der Waals surface area contributed by atoms with Gasteiger partial charge < -0.3 is 9.84 Å². The van der Waals surface area contributed by atoms with Crippen molar-refractivity contribution in [1.29, 1.82) is 0 Å². The van der Waals surface area contributed by atoms with Gasteiger partial charge in [-0.2, -0.15) is 13.2 Å². The van der Waals surface area contributed by atoms with Crippen molar-refractivity contribution in [3.05, 3.63) is 89.5 Å². The summed E-state index contributed by atoms with van der Waals surface area (Å²) in [4.78, 5) is 1.67. The Morgan fingerprint density at radius 3 is 2.31 bits per heavy atom. The third-order valence-electron chi connectivity index (χ3n) is 4.82. The number of likely N-dealkylation sites (N-methyl/N-ethyl adjacent to an activating group) is 1. The fraction of sp³-hybridized carbons (Fsp3) is 0.250. The molecule has 0 heterocycles. The van der Waals surface area contributed by atoms with Gasteiger partial charge in [-0.3, -0.25) is 4.90 Å². The van der Waals surface area contributed by atoms with Gasteiger partial charge in [-0.1, -0.05) is 30.3 Å². The minimum absolute atomic E-state index is 0.0361. The quantitative estimate of drug-likeness (QED) is 0.458. The third-order valence-corrected chi connectivity index (χ3v) is 4.82. The zero-order valence-corrected chi connectivity index (χ0v) is 17.2. The molecule has 0 aliphatic carbocycles. The number of hydrogen-bond donors (Lipinski definition) is 1. The Balaban J connectivity index is 1.61. The van der Waals surface area contributed by atoms with Crippen LogP contribution in [0.2, 0.25) is 0 Å². The number of ether oxygens (including phenoxy) is 1. The van der Waals surface area contributed by atoms with E-state index in [1.807, 2.05) is 0 Å². The Morgan fingerprint density at radius 1 is 0.969 bits per heavy atom. The normalized spacial score (nSPS) is 12.8. The zero-order chi connectivity index (χ0) is 23.3. The van der Waals surface area contributed by atoms with Gasteiger partial charge in [0.05, 0.1) is 5.56 Å². The first kappa shape index (κ1) is 23.7. The highest BCUT2D eigenvalue weighted by Gasteiger charge is 2.33. The maximum atomic E-state index is 14.6. The maximum absolute atomic E-state index is 14.6. The van der Waals surface area contributed by atoms with Gasteiger partial charge in [0.2, 0.25) is 0 Å². The van der Waals surface area contributed by atoms with E-state index in [-0.39, 0.29) is 36.4 Å². The van der Waals surface area contributed by atoms with Crippen molar-refractivity contribution >= 4 is 0 Å². The van der Waals surface area contributed by atoms with Crippen LogP contribution >= 0.6 is 0 Å². The molecule has 0 aliphatic rings. The van der Waals surface area contributed by atoms with Gasteiger partial charge in [-0.05, 0) is 54.6 Å². The van der Waals surface area contributed by atoms with E-state index in [4.69, 9.17) is 4.74 Å². The molecule has 0 fully saturated rings. The first-order valence-corrected chi connectivity index (χ1v) is 9.83. The van der Waals surface area contributed by atoms with Crippen LogP contribution in [0.25, 0.3) is 11.1 Å². The molecule has 3 aromatic rings. The van der Waals surface area contributed by atoms with Crippen molar-refractivity contribution < 1.29 is 31.8 Å². The lowest BCUT2D eigenvalue weighted by atomic mass is 9.98. The minimum Gasteiger partial charge on any atom is -0.491 e. The molecular weight excluding hydrogens is 429 g/mol. The van der Waals surface area contributed by atoms with Crippen molar-refractivity contribution in [2.45, 2.75) is 18.8 Å². The predicted molar refractivity (Wildman–Crippen MR) is 111 cm³/mol. The molecular formula is C24H22F5NO2. The molecule has 0 saturated carbocycles. The van der Waals surface area contributed by atoms with E-state index in [0.717, 1.165) is 12.1 Å². The lowest BCUT2D eigenvalue weighted by molar-refractivity contribution is -0.137. The molecule has 0 spiro atoms. The fourth-order valence-electron chi connectivity index (χ4n) is 3.32. The first-order valence-electron chi connectivity index (χ1n) is 9.83. The number of hydrogen-bond acceptors (Lipinski definition) is 3. The number of aliphatic hydroxyl groups excluding tert-OH is 1. The Kier molecular flexibility index (Phi) is 7.48. The second-order valence-electron chi connectivity index (χ2n) is 7.47. The second kappa shape index (κ2) is 10.1. The van der Waals surface area contributed by atoms with E-state index >= 15 is 0 Å². The van der Waals surface area contributed by atoms with Gasteiger partial charge in [0.15, 0.2) is 0 Å². The molecule has 0 saturated heterocycles. The molecule has 0 bridgehead atoms. The summed E-state index contributed by atoms with van der Waals surface area (Å²) in [6.45, 7) is 0.269. The number of benzene rings is 3. The molecule has 3 rings (SSSR count). The van der Waals surface area contributed by atoms with Crippen LogP contribution in [0.15, 0.2) is 66.7 Å². The zero-order valence-electron chi connectivity index (χ0n) is 17.2. The average Bonchev–Trinajstić information content (AvgIpc) is 2.74. The number of nitrogens with zero attached hydrogens (tertiary/aromatic N) is 1. The van der Waals surface area contributed by atoms with Crippen molar-refractivity contribution in [2.75, 3.05) is 20.2 Å². The lowest BCUT2D eigenvalue weighted by Crippen LogP contribution is -2.33. The minimum atomic E-state index is -4.54. The van der Waals surface area contributed by atoms with E-state index in [9.17, 15) is 27.1 Å². The molecule has 8 heteroatoms. The van der Waals surface area contributed by atoms with E-state index in [2.05, 4.69) is 0 Å². The Labute approximate surface area is 182 Å². The SMILES string of the molecule is CN(Cc1ccc(-c2ccccc2C(F)(F)F)cc1F)CC(O)COc1ccc(F)cc1. The van der Waals surface area contributed by atoms with Gasteiger partial charge in [0.1, 0.15) is 30.1 Å². The molecule has 1 atom stereocenters. The van der Waals surface area contributed by atoms with Crippen LogP contribution in [-0.2, 0) is 12.7 Å². The Hall–Kier alpha value is -2.97. The maximum Gasteiger partial charge on any atom is 0.417 e. The highest BCUT2D eigenvalue weighted by Crippen LogP contribution is 2.37. The van der Waals surface area contributed by atoms with Gasteiger partial charge in [0, 0.05) is 18.7 Å². The summed E-state index contributed by atoms with van der Waals surface area (Å²) in [5.74, 6) is -0.621. The summed E-state index contributed by atoms with van der Waals surface area (Å²) in [6.07, 6.45) is -5.43. The smallest absolute Gasteiger partial charge is 0.417 e. The summed E-state index contributed by atoms with van der Waals surface area (Å²) >= 11 is 0. The van der Waals surface area contributed by atoms with Crippen LogP contribution in [0.1, 0.15) is 11.1 Å². The van der Waals surface area contributed by atoms with Gasteiger partial charge in [-0.15, -0.1) is 0 Å². The summed E-state index contributed by atoms with van der Waals surface area (Å²) in [5.41, 5.74) is -0.498. The molecule has 0 aliphatic heterocycles. The Bertz CT molecular complexity index is 1040. The lowest BCUT2D eigenvalue weighted by Gasteiger charge is -2.21. The number of alkyl halides is 3. The van der Waals surface area contributed by atoms with E-state index < -0.39 is 29.5 Å². The fourth-order valence-corrected chi connectivity index (χ4v) is 3.32. The first-order chi connectivity index (χ1) is 15.1. The molecule has 170 valence electrons. The van der Waals surface area contributed by atoms with Crippen molar-refractivity contribution in [1.82, 2.24) is 4.90 Å². The molecule has 3 nitrogen and oxygen atoms in total. The van der Waals surface area contributed by atoms with Crippen molar-refractivity contribution in [3.8, 4) is 16.9 Å². The topological polar surface area (TPSA) is 32.7 Å². The van der Waals surface area contributed by atoms with Crippen LogP contribution in [0.3, 0.4) is 0 Å². The van der Waals surface area contributed by atoms with Gasteiger partial charge in [0.25, 0.3) is 0 Å². The van der Waals surface area contributed by atoms with Crippen LogP contribution in [0.5, 0.6) is 5.75 Å². The van der Waals surface area contributed by atoms with Crippen LogP contribution in [-0.4, -0.2) is 36.3 Å². The van der Waals surface area contributed by atoms with Crippen molar-refractivity contribution in [3.63, 3.8) is 0 Å².